The fraction of sp³-hybridized carbons (Fsp3) is 0.391. The second kappa shape index (κ2) is 10.5. The number of halogens is 2. The van der Waals surface area contributed by atoms with Crippen molar-refractivity contribution >= 4 is 27.7 Å². The third-order valence-corrected chi connectivity index (χ3v) is 5.80. The SMILES string of the molecule is O=C(CCCCc1ccc(Br)cc1)N1CCN(C(=O)Cc2ccc(F)cc2)CC1. The van der Waals surface area contributed by atoms with Crippen LogP contribution >= 0.6 is 15.9 Å². The van der Waals surface area contributed by atoms with E-state index in [1.807, 2.05) is 17.0 Å². The molecular formula is C23H26BrFN2O2. The molecule has 1 aliphatic heterocycles. The van der Waals surface area contributed by atoms with Gasteiger partial charge in [-0.25, -0.2) is 4.39 Å². The van der Waals surface area contributed by atoms with E-state index in [0.717, 1.165) is 29.3 Å². The van der Waals surface area contributed by atoms with Crippen molar-refractivity contribution in [2.75, 3.05) is 26.2 Å². The summed E-state index contributed by atoms with van der Waals surface area (Å²) in [5, 5.41) is 0. The van der Waals surface area contributed by atoms with Crippen molar-refractivity contribution in [3.63, 3.8) is 0 Å². The van der Waals surface area contributed by atoms with Crippen molar-refractivity contribution in [3.05, 3.63) is 69.9 Å². The molecule has 6 heteroatoms. The molecule has 1 saturated heterocycles. The Morgan fingerprint density at radius 2 is 1.34 bits per heavy atom. The molecule has 0 radical (unpaired) electrons. The van der Waals surface area contributed by atoms with Crippen molar-refractivity contribution in [2.45, 2.75) is 32.1 Å². The van der Waals surface area contributed by atoms with Gasteiger partial charge in [0.2, 0.25) is 11.8 Å². The zero-order chi connectivity index (χ0) is 20.6. The van der Waals surface area contributed by atoms with E-state index in [2.05, 4.69) is 28.1 Å². The quantitative estimate of drug-likeness (QED) is 0.580. The Morgan fingerprint density at radius 1 is 0.793 bits per heavy atom. The van der Waals surface area contributed by atoms with Crippen LogP contribution in [0.25, 0.3) is 0 Å². The van der Waals surface area contributed by atoms with Gasteiger partial charge in [-0.1, -0.05) is 40.2 Å². The highest BCUT2D eigenvalue weighted by molar-refractivity contribution is 9.10. The van der Waals surface area contributed by atoms with E-state index in [0.29, 0.717) is 32.6 Å². The molecule has 0 unspecified atom stereocenters. The van der Waals surface area contributed by atoms with Gasteiger partial charge < -0.3 is 9.80 Å². The van der Waals surface area contributed by atoms with Crippen molar-refractivity contribution < 1.29 is 14.0 Å². The van der Waals surface area contributed by atoms with Crippen molar-refractivity contribution in [2.24, 2.45) is 0 Å². The summed E-state index contributed by atoms with van der Waals surface area (Å²) in [6.45, 7) is 2.29. The first-order chi connectivity index (χ1) is 14.0. The summed E-state index contributed by atoms with van der Waals surface area (Å²) in [6, 6.07) is 14.3. The van der Waals surface area contributed by atoms with Crippen LogP contribution in [0.4, 0.5) is 4.39 Å². The van der Waals surface area contributed by atoms with E-state index in [1.165, 1.54) is 17.7 Å². The summed E-state index contributed by atoms with van der Waals surface area (Å²) in [5.74, 6) is -0.102. The number of nitrogens with zero attached hydrogens (tertiary/aromatic N) is 2. The van der Waals surface area contributed by atoms with Gasteiger partial charge >= 0.3 is 0 Å². The number of aryl methyl sites for hydroxylation is 1. The number of piperazine rings is 1. The third kappa shape index (κ3) is 6.67. The topological polar surface area (TPSA) is 40.6 Å². The number of unbranched alkanes of at least 4 members (excludes halogenated alkanes) is 1. The van der Waals surface area contributed by atoms with Gasteiger partial charge in [0.1, 0.15) is 5.82 Å². The maximum atomic E-state index is 13.0. The van der Waals surface area contributed by atoms with Gasteiger partial charge in [-0.3, -0.25) is 9.59 Å². The maximum Gasteiger partial charge on any atom is 0.227 e. The van der Waals surface area contributed by atoms with E-state index < -0.39 is 0 Å². The Morgan fingerprint density at radius 3 is 1.97 bits per heavy atom. The molecular weight excluding hydrogens is 435 g/mol. The highest BCUT2D eigenvalue weighted by Crippen LogP contribution is 2.14. The van der Waals surface area contributed by atoms with Crippen molar-refractivity contribution in [1.82, 2.24) is 9.80 Å². The average molecular weight is 461 g/mol. The molecule has 1 aliphatic rings. The first-order valence-corrected chi connectivity index (χ1v) is 10.8. The number of carbonyl (C=O) groups excluding carboxylic acids is 2. The third-order valence-electron chi connectivity index (χ3n) is 5.27. The zero-order valence-electron chi connectivity index (χ0n) is 16.4. The molecule has 3 rings (SSSR count). The van der Waals surface area contributed by atoms with E-state index in [1.54, 1.807) is 17.0 Å². The molecule has 2 aromatic carbocycles. The summed E-state index contributed by atoms with van der Waals surface area (Å²) in [4.78, 5) is 28.5. The second-order valence-electron chi connectivity index (χ2n) is 7.40. The van der Waals surface area contributed by atoms with Crippen LogP contribution in [0.2, 0.25) is 0 Å². The summed E-state index contributed by atoms with van der Waals surface area (Å²) < 4.78 is 14.1. The van der Waals surface area contributed by atoms with E-state index in [-0.39, 0.29) is 24.1 Å². The number of hydrogen-bond donors (Lipinski definition) is 0. The minimum absolute atomic E-state index is 0.0261. The first-order valence-electron chi connectivity index (χ1n) is 10.1. The van der Waals surface area contributed by atoms with Crippen molar-refractivity contribution in [1.29, 1.82) is 0 Å². The van der Waals surface area contributed by atoms with Gasteiger partial charge in [-0.15, -0.1) is 0 Å². The molecule has 1 fully saturated rings. The lowest BCUT2D eigenvalue weighted by Gasteiger charge is -2.35. The van der Waals surface area contributed by atoms with E-state index in [9.17, 15) is 14.0 Å². The molecule has 29 heavy (non-hydrogen) atoms. The van der Waals surface area contributed by atoms with Crippen molar-refractivity contribution in [3.8, 4) is 0 Å². The Balaban J connectivity index is 1.34. The number of carbonyl (C=O) groups is 2. The Labute approximate surface area is 179 Å². The molecule has 0 N–H and O–H groups in total. The maximum absolute atomic E-state index is 13.0. The number of rotatable bonds is 7. The summed E-state index contributed by atoms with van der Waals surface area (Å²) in [6.07, 6.45) is 3.67. The molecule has 2 amide bonds. The largest absolute Gasteiger partial charge is 0.339 e. The van der Waals surface area contributed by atoms with Gasteiger partial charge in [0, 0.05) is 37.1 Å². The molecule has 0 aliphatic carbocycles. The monoisotopic (exact) mass is 460 g/mol. The second-order valence-corrected chi connectivity index (χ2v) is 8.31. The molecule has 0 atom stereocenters. The fourth-order valence-corrected chi connectivity index (χ4v) is 3.77. The van der Waals surface area contributed by atoms with Gasteiger partial charge in [0.05, 0.1) is 6.42 Å². The van der Waals surface area contributed by atoms with Gasteiger partial charge in [0.15, 0.2) is 0 Å². The fourth-order valence-electron chi connectivity index (χ4n) is 3.51. The predicted octanol–water partition coefficient (Wildman–Crippen LogP) is 4.21. The number of amides is 2. The zero-order valence-corrected chi connectivity index (χ0v) is 18.0. The average Bonchev–Trinajstić information content (AvgIpc) is 2.74. The lowest BCUT2D eigenvalue weighted by molar-refractivity contribution is -0.139. The Hall–Kier alpha value is -2.21. The molecule has 0 bridgehead atoms. The highest BCUT2D eigenvalue weighted by Gasteiger charge is 2.23. The van der Waals surface area contributed by atoms with Gasteiger partial charge in [0.25, 0.3) is 0 Å². The number of hydrogen-bond acceptors (Lipinski definition) is 2. The molecule has 0 spiro atoms. The lowest BCUT2D eigenvalue weighted by Crippen LogP contribution is -2.50. The summed E-state index contributed by atoms with van der Waals surface area (Å²) in [7, 11) is 0. The molecule has 0 aromatic heterocycles. The van der Waals surface area contributed by atoms with Crippen LogP contribution in [-0.4, -0.2) is 47.8 Å². The van der Waals surface area contributed by atoms with E-state index >= 15 is 0 Å². The van der Waals surface area contributed by atoms with Crippen LogP contribution in [-0.2, 0) is 22.4 Å². The predicted molar refractivity (Wildman–Crippen MR) is 115 cm³/mol. The molecule has 1 heterocycles. The standard InChI is InChI=1S/C23H26BrFN2O2/c24-20-9-5-18(6-10-20)3-1-2-4-22(28)26-13-15-27(16-14-26)23(29)17-19-7-11-21(25)12-8-19/h5-12H,1-4,13-17H2. The normalized spacial score (nSPS) is 14.1. The van der Waals surface area contributed by atoms with Gasteiger partial charge in [-0.05, 0) is 54.7 Å². The molecule has 0 saturated carbocycles. The van der Waals surface area contributed by atoms with E-state index in [4.69, 9.17) is 0 Å². The minimum atomic E-state index is -0.301. The lowest BCUT2D eigenvalue weighted by atomic mass is 10.1. The summed E-state index contributed by atoms with van der Waals surface area (Å²) in [5.41, 5.74) is 2.09. The molecule has 4 nitrogen and oxygen atoms in total. The van der Waals surface area contributed by atoms with Gasteiger partial charge in [-0.2, -0.15) is 0 Å². The first kappa shape index (κ1) is 21.5. The number of benzene rings is 2. The summed E-state index contributed by atoms with van der Waals surface area (Å²) >= 11 is 3.43. The molecule has 2 aromatic rings. The smallest absolute Gasteiger partial charge is 0.227 e. The van der Waals surface area contributed by atoms with Crippen LogP contribution in [0.5, 0.6) is 0 Å². The van der Waals surface area contributed by atoms with Crippen LogP contribution in [0.15, 0.2) is 53.0 Å². The van der Waals surface area contributed by atoms with Crippen LogP contribution in [0, 0.1) is 5.82 Å². The van der Waals surface area contributed by atoms with Crippen LogP contribution in [0.3, 0.4) is 0 Å². The minimum Gasteiger partial charge on any atom is -0.339 e. The molecule has 154 valence electrons. The Bertz CT molecular complexity index is 816. The Kier molecular flexibility index (Phi) is 7.81. The highest BCUT2D eigenvalue weighted by atomic mass is 79.9. The van der Waals surface area contributed by atoms with Crippen LogP contribution in [0.1, 0.15) is 30.4 Å². The van der Waals surface area contributed by atoms with Crippen LogP contribution < -0.4 is 0 Å².